The van der Waals surface area contributed by atoms with Crippen LogP contribution in [0, 0.1) is 0 Å². The minimum absolute atomic E-state index is 0.0369. The Morgan fingerprint density at radius 1 is 1.10 bits per heavy atom. The highest BCUT2D eigenvalue weighted by Crippen LogP contribution is 2.26. The number of ether oxygens (including phenoxy) is 1. The van der Waals surface area contributed by atoms with Crippen molar-refractivity contribution in [3.05, 3.63) is 54.1 Å². The van der Waals surface area contributed by atoms with Crippen molar-refractivity contribution in [3.8, 4) is 5.75 Å². The lowest BCUT2D eigenvalue weighted by molar-refractivity contribution is 0.102. The van der Waals surface area contributed by atoms with E-state index in [-0.39, 0.29) is 12.0 Å². The molecule has 0 aliphatic rings. The second kappa shape index (κ2) is 6.10. The topological polar surface area (TPSA) is 64.3 Å². The van der Waals surface area contributed by atoms with Gasteiger partial charge in [0.2, 0.25) is 0 Å². The van der Waals surface area contributed by atoms with Crippen LogP contribution in [0.5, 0.6) is 5.75 Å². The molecule has 3 N–H and O–H groups in total. The summed E-state index contributed by atoms with van der Waals surface area (Å²) in [4.78, 5) is 12.2. The van der Waals surface area contributed by atoms with Crippen molar-refractivity contribution in [3.63, 3.8) is 0 Å². The van der Waals surface area contributed by atoms with Crippen molar-refractivity contribution in [1.29, 1.82) is 0 Å². The molecule has 104 valence electrons. The normalized spacial score (nSPS) is 10.3. The van der Waals surface area contributed by atoms with E-state index in [0.717, 1.165) is 0 Å². The van der Waals surface area contributed by atoms with E-state index in [1.54, 1.807) is 30.3 Å². The molecular formula is C16H18N2O2. The molecule has 0 aliphatic heterocycles. The third kappa shape index (κ3) is 3.29. The van der Waals surface area contributed by atoms with Crippen LogP contribution in [-0.2, 0) is 0 Å². The summed E-state index contributed by atoms with van der Waals surface area (Å²) in [7, 11) is 0. The fourth-order valence-corrected chi connectivity index (χ4v) is 1.82. The van der Waals surface area contributed by atoms with Crippen LogP contribution in [0.3, 0.4) is 0 Å². The molecule has 4 heteroatoms. The molecule has 4 nitrogen and oxygen atoms in total. The van der Waals surface area contributed by atoms with Crippen LogP contribution < -0.4 is 15.8 Å². The van der Waals surface area contributed by atoms with Crippen LogP contribution in [-0.4, -0.2) is 12.0 Å². The summed E-state index contributed by atoms with van der Waals surface area (Å²) in [5.74, 6) is 0.397. The molecule has 0 unspecified atom stereocenters. The second-order valence-electron chi connectivity index (χ2n) is 4.70. The highest BCUT2D eigenvalue weighted by molar-refractivity contribution is 6.08. The van der Waals surface area contributed by atoms with E-state index < -0.39 is 0 Å². The minimum atomic E-state index is -0.247. The minimum Gasteiger partial charge on any atom is -0.489 e. The number of amides is 1. The van der Waals surface area contributed by atoms with E-state index >= 15 is 0 Å². The average Bonchev–Trinajstić information content (AvgIpc) is 2.41. The number of para-hydroxylation sites is 3. The van der Waals surface area contributed by atoms with Gasteiger partial charge in [-0.3, -0.25) is 4.79 Å². The zero-order valence-electron chi connectivity index (χ0n) is 11.6. The Morgan fingerprint density at radius 3 is 2.45 bits per heavy atom. The largest absolute Gasteiger partial charge is 0.489 e. The summed E-state index contributed by atoms with van der Waals surface area (Å²) in [5, 5.41) is 2.83. The average molecular weight is 270 g/mol. The number of benzene rings is 2. The molecule has 0 fully saturated rings. The molecule has 1 amide bonds. The first-order valence-electron chi connectivity index (χ1n) is 6.49. The first-order valence-corrected chi connectivity index (χ1v) is 6.49. The molecule has 0 saturated heterocycles. The van der Waals surface area contributed by atoms with Gasteiger partial charge in [-0.2, -0.15) is 0 Å². The Hall–Kier alpha value is -2.49. The van der Waals surface area contributed by atoms with Crippen molar-refractivity contribution in [2.24, 2.45) is 0 Å². The van der Waals surface area contributed by atoms with Gasteiger partial charge in [-0.15, -0.1) is 0 Å². The molecule has 2 aromatic rings. The maximum atomic E-state index is 12.2. The van der Waals surface area contributed by atoms with Gasteiger partial charge in [0.05, 0.1) is 17.4 Å². The van der Waals surface area contributed by atoms with Crippen LogP contribution in [0.25, 0.3) is 0 Å². The highest BCUT2D eigenvalue weighted by Gasteiger charge is 2.12. The standard InChI is InChI=1S/C16H18N2O2/c1-11(2)20-15-10-6-5-9-14(15)18-16(19)12-7-3-4-8-13(12)17/h3-11H,17H2,1-2H3,(H,18,19). The number of nitrogens with two attached hydrogens (primary N) is 1. The van der Waals surface area contributed by atoms with Crippen molar-refractivity contribution >= 4 is 17.3 Å². The zero-order chi connectivity index (χ0) is 14.5. The Kier molecular flexibility index (Phi) is 4.25. The summed E-state index contributed by atoms with van der Waals surface area (Å²) in [6.45, 7) is 3.88. The molecule has 20 heavy (non-hydrogen) atoms. The highest BCUT2D eigenvalue weighted by atomic mass is 16.5. The second-order valence-corrected chi connectivity index (χ2v) is 4.70. The van der Waals surface area contributed by atoms with Gasteiger partial charge in [0, 0.05) is 5.69 Å². The molecule has 2 aromatic carbocycles. The third-order valence-electron chi connectivity index (χ3n) is 2.70. The number of hydrogen-bond acceptors (Lipinski definition) is 3. The van der Waals surface area contributed by atoms with Gasteiger partial charge in [-0.1, -0.05) is 24.3 Å². The monoisotopic (exact) mass is 270 g/mol. The van der Waals surface area contributed by atoms with Crippen LogP contribution in [0.2, 0.25) is 0 Å². The number of carbonyl (C=O) groups excluding carboxylic acids is 1. The first kappa shape index (κ1) is 13.9. The molecule has 2 rings (SSSR count). The van der Waals surface area contributed by atoms with E-state index in [2.05, 4.69) is 5.32 Å². The maximum absolute atomic E-state index is 12.2. The first-order chi connectivity index (χ1) is 9.58. The van der Waals surface area contributed by atoms with Crippen molar-refractivity contribution < 1.29 is 9.53 Å². The van der Waals surface area contributed by atoms with Crippen molar-refractivity contribution in [2.45, 2.75) is 20.0 Å². The molecule has 0 heterocycles. The van der Waals surface area contributed by atoms with E-state index in [4.69, 9.17) is 10.5 Å². The Morgan fingerprint density at radius 2 is 1.75 bits per heavy atom. The lowest BCUT2D eigenvalue weighted by Gasteiger charge is -2.15. The van der Waals surface area contributed by atoms with Gasteiger partial charge in [-0.05, 0) is 38.1 Å². The molecular weight excluding hydrogens is 252 g/mol. The van der Waals surface area contributed by atoms with Gasteiger partial charge in [0.1, 0.15) is 5.75 Å². The molecule has 0 radical (unpaired) electrons. The third-order valence-corrected chi connectivity index (χ3v) is 2.70. The van der Waals surface area contributed by atoms with Gasteiger partial charge in [-0.25, -0.2) is 0 Å². The predicted molar refractivity (Wildman–Crippen MR) is 81.0 cm³/mol. The van der Waals surface area contributed by atoms with Gasteiger partial charge >= 0.3 is 0 Å². The Labute approximate surface area is 118 Å². The summed E-state index contributed by atoms with van der Waals surface area (Å²) in [6.07, 6.45) is 0.0369. The van der Waals surface area contributed by atoms with Crippen LogP contribution in [0.15, 0.2) is 48.5 Å². The fourth-order valence-electron chi connectivity index (χ4n) is 1.82. The quantitative estimate of drug-likeness (QED) is 0.838. The molecule has 0 aromatic heterocycles. The SMILES string of the molecule is CC(C)Oc1ccccc1NC(=O)c1ccccc1N. The van der Waals surface area contributed by atoms with E-state index in [0.29, 0.717) is 22.7 Å². The van der Waals surface area contributed by atoms with Crippen LogP contribution in [0.4, 0.5) is 11.4 Å². The lowest BCUT2D eigenvalue weighted by Crippen LogP contribution is -2.15. The Bertz CT molecular complexity index is 609. The smallest absolute Gasteiger partial charge is 0.257 e. The zero-order valence-corrected chi connectivity index (χ0v) is 11.6. The van der Waals surface area contributed by atoms with Crippen molar-refractivity contribution in [1.82, 2.24) is 0 Å². The van der Waals surface area contributed by atoms with Gasteiger partial charge in [0.25, 0.3) is 5.91 Å². The number of carbonyl (C=O) groups is 1. The molecule has 0 atom stereocenters. The van der Waals surface area contributed by atoms with E-state index in [9.17, 15) is 4.79 Å². The van der Waals surface area contributed by atoms with E-state index in [1.807, 2.05) is 32.0 Å². The lowest BCUT2D eigenvalue weighted by atomic mass is 10.1. The summed E-state index contributed by atoms with van der Waals surface area (Å²) < 4.78 is 5.67. The van der Waals surface area contributed by atoms with Crippen molar-refractivity contribution in [2.75, 3.05) is 11.1 Å². The number of nitrogens with one attached hydrogen (secondary N) is 1. The summed E-state index contributed by atoms with van der Waals surface area (Å²) >= 11 is 0. The number of nitrogen functional groups attached to an aromatic ring is 1. The summed E-state index contributed by atoms with van der Waals surface area (Å²) in [5.41, 5.74) is 7.34. The van der Waals surface area contributed by atoms with E-state index in [1.165, 1.54) is 0 Å². The van der Waals surface area contributed by atoms with Gasteiger partial charge < -0.3 is 15.8 Å². The Balaban J connectivity index is 2.22. The molecule has 0 saturated carbocycles. The van der Waals surface area contributed by atoms with Crippen LogP contribution in [0.1, 0.15) is 24.2 Å². The number of anilines is 2. The number of hydrogen-bond donors (Lipinski definition) is 2. The van der Waals surface area contributed by atoms with Crippen LogP contribution >= 0.6 is 0 Å². The molecule has 0 aliphatic carbocycles. The molecule has 0 spiro atoms. The molecule has 0 bridgehead atoms. The summed E-state index contributed by atoms with van der Waals surface area (Å²) in [6, 6.07) is 14.3. The fraction of sp³-hybridized carbons (Fsp3) is 0.188. The number of rotatable bonds is 4. The maximum Gasteiger partial charge on any atom is 0.257 e. The van der Waals surface area contributed by atoms with Gasteiger partial charge in [0.15, 0.2) is 0 Å². The predicted octanol–water partition coefficient (Wildman–Crippen LogP) is 3.31.